The number of nitrogens with one attached hydrogen (secondary N) is 2. The van der Waals surface area contributed by atoms with Crippen LogP contribution in [0, 0.1) is 5.82 Å². The normalized spacial score (nSPS) is 11.0. The Morgan fingerprint density at radius 1 is 0.968 bits per heavy atom. The van der Waals surface area contributed by atoms with Gasteiger partial charge >= 0.3 is 0 Å². The quantitative estimate of drug-likeness (QED) is 0.535. The van der Waals surface area contributed by atoms with Gasteiger partial charge in [0.15, 0.2) is 0 Å². The molecule has 0 aliphatic carbocycles. The fourth-order valence-corrected chi connectivity index (χ4v) is 4.37. The summed E-state index contributed by atoms with van der Waals surface area (Å²) in [6.45, 7) is 0. The third-order valence-corrected chi connectivity index (χ3v) is 6.10. The SMILES string of the molecule is COc1ccc(NC(=O)c2ccccc2NS(=O)(=O)c2ccc(F)cc2Cl)c(OC)c1. The number of anilines is 2. The first-order valence-corrected chi connectivity index (χ1v) is 10.7. The Kier molecular flexibility index (Phi) is 6.67. The highest BCUT2D eigenvalue weighted by Gasteiger charge is 2.22. The number of methoxy groups -OCH3 is 2. The van der Waals surface area contributed by atoms with Crippen LogP contribution in [0.15, 0.2) is 65.6 Å². The molecule has 0 fully saturated rings. The number of amides is 1. The summed E-state index contributed by atoms with van der Waals surface area (Å²) in [5.74, 6) is -0.341. The van der Waals surface area contributed by atoms with Crippen LogP contribution in [0.4, 0.5) is 15.8 Å². The van der Waals surface area contributed by atoms with Gasteiger partial charge in [0, 0.05) is 6.07 Å². The number of carbonyl (C=O) groups is 1. The highest BCUT2D eigenvalue weighted by atomic mass is 35.5. The van der Waals surface area contributed by atoms with Gasteiger partial charge < -0.3 is 14.8 Å². The maximum Gasteiger partial charge on any atom is 0.263 e. The van der Waals surface area contributed by atoms with Crippen molar-refractivity contribution < 1.29 is 27.1 Å². The van der Waals surface area contributed by atoms with Crippen LogP contribution in [0.25, 0.3) is 0 Å². The van der Waals surface area contributed by atoms with Gasteiger partial charge in [-0.2, -0.15) is 0 Å². The third kappa shape index (κ3) is 5.07. The first-order chi connectivity index (χ1) is 14.7. The van der Waals surface area contributed by atoms with Crippen molar-refractivity contribution in [1.82, 2.24) is 0 Å². The van der Waals surface area contributed by atoms with E-state index in [4.69, 9.17) is 21.1 Å². The summed E-state index contributed by atoms with van der Waals surface area (Å²) in [6.07, 6.45) is 0. The van der Waals surface area contributed by atoms with E-state index in [-0.39, 0.29) is 21.2 Å². The van der Waals surface area contributed by atoms with Crippen LogP contribution in [0.1, 0.15) is 10.4 Å². The Bertz CT molecular complexity index is 1230. The molecule has 7 nitrogen and oxygen atoms in total. The molecule has 0 aliphatic rings. The minimum absolute atomic E-state index is 0.0212. The Balaban J connectivity index is 1.91. The molecule has 0 radical (unpaired) electrons. The van der Waals surface area contributed by atoms with Gasteiger partial charge in [0.05, 0.1) is 36.2 Å². The number of halogens is 2. The minimum atomic E-state index is -4.18. The first kappa shape index (κ1) is 22.4. The summed E-state index contributed by atoms with van der Waals surface area (Å²) >= 11 is 5.89. The minimum Gasteiger partial charge on any atom is -0.497 e. The zero-order valence-corrected chi connectivity index (χ0v) is 18.1. The predicted molar refractivity (Wildman–Crippen MR) is 116 cm³/mol. The number of para-hydroxylation sites is 1. The molecule has 1 amide bonds. The van der Waals surface area contributed by atoms with Crippen LogP contribution in [0.5, 0.6) is 11.5 Å². The standard InChI is InChI=1S/C21H18ClFN2O5S/c1-29-14-8-9-18(19(12-14)30-2)24-21(26)15-5-3-4-6-17(15)25-31(27,28)20-10-7-13(23)11-16(20)22/h3-12,25H,1-2H3,(H,24,26). The second kappa shape index (κ2) is 9.23. The molecule has 0 heterocycles. The van der Waals surface area contributed by atoms with Gasteiger partial charge in [-0.3, -0.25) is 9.52 Å². The van der Waals surface area contributed by atoms with Gasteiger partial charge in [-0.05, 0) is 42.5 Å². The van der Waals surface area contributed by atoms with Crippen molar-refractivity contribution in [2.45, 2.75) is 4.90 Å². The summed E-state index contributed by atoms with van der Waals surface area (Å²) in [6, 6.07) is 13.8. The van der Waals surface area contributed by atoms with Crippen LogP contribution >= 0.6 is 11.6 Å². The van der Waals surface area contributed by atoms with Crippen molar-refractivity contribution in [1.29, 1.82) is 0 Å². The van der Waals surface area contributed by atoms with Gasteiger partial charge in [0.2, 0.25) is 0 Å². The van der Waals surface area contributed by atoms with Crippen LogP contribution in [0.3, 0.4) is 0 Å². The number of sulfonamides is 1. The first-order valence-electron chi connectivity index (χ1n) is 8.85. The lowest BCUT2D eigenvalue weighted by Crippen LogP contribution is -2.19. The van der Waals surface area contributed by atoms with Crippen molar-refractivity contribution in [3.63, 3.8) is 0 Å². The smallest absolute Gasteiger partial charge is 0.263 e. The summed E-state index contributed by atoms with van der Waals surface area (Å²) in [5.41, 5.74) is 0.447. The van der Waals surface area contributed by atoms with E-state index >= 15 is 0 Å². The van der Waals surface area contributed by atoms with Crippen LogP contribution in [-0.2, 0) is 10.0 Å². The molecule has 0 saturated heterocycles. The molecule has 3 aromatic rings. The molecule has 0 aliphatic heterocycles. The van der Waals surface area contributed by atoms with Gasteiger partial charge in [-0.25, -0.2) is 12.8 Å². The molecule has 0 spiro atoms. The van der Waals surface area contributed by atoms with Crippen molar-refractivity contribution in [2.75, 3.05) is 24.3 Å². The molecular formula is C21H18ClFN2O5S. The van der Waals surface area contributed by atoms with E-state index in [0.717, 1.165) is 18.2 Å². The van der Waals surface area contributed by atoms with Crippen molar-refractivity contribution >= 4 is 38.9 Å². The van der Waals surface area contributed by atoms with Crippen LogP contribution < -0.4 is 19.5 Å². The van der Waals surface area contributed by atoms with Crippen molar-refractivity contribution in [3.05, 3.63) is 77.1 Å². The second-order valence-corrected chi connectivity index (χ2v) is 8.30. The number of hydrogen-bond acceptors (Lipinski definition) is 5. The Morgan fingerprint density at radius 2 is 1.71 bits per heavy atom. The number of hydrogen-bond donors (Lipinski definition) is 2. The average Bonchev–Trinajstić information content (AvgIpc) is 2.73. The summed E-state index contributed by atoms with van der Waals surface area (Å²) in [4.78, 5) is 12.6. The molecule has 2 N–H and O–H groups in total. The lowest BCUT2D eigenvalue weighted by atomic mass is 10.1. The zero-order valence-electron chi connectivity index (χ0n) is 16.5. The molecule has 0 bridgehead atoms. The van der Waals surface area contributed by atoms with Crippen LogP contribution in [-0.4, -0.2) is 28.5 Å². The van der Waals surface area contributed by atoms with E-state index in [2.05, 4.69) is 10.0 Å². The molecule has 31 heavy (non-hydrogen) atoms. The molecule has 0 saturated carbocycles. The topological polar surface area (TPSA) is 93.7 Å². The van der Waals surface area contributed by atoms with E-state index in [1.54, 1.807) is 30.3 Å². The molecular weight excluding hydrogens is 447 g/mol. The van der Waals surface area contributed by atoms with E-state index < -0.39 is 21.7 Å². The molecule has 0 unspecified atom stereocenters. The maximum absolute atomic E-state index is 13.3. The van der Waals surface area contributed by atoms with Gasteiger partial charge in [0.1, 0.15) is 22.2 Å². The number of benzene rings is 3. The van der Waals surface area contributed by atoms with Crippen molar-refractivity contribution in [2.24, 2.45) is 0 Å². The number of carbonyl (C=O) groups excluding carboxylic acids is 1. The number of ether oxygens (including phenoxy) is 2. The van der Waals surface area contributed by atoms with E-state index in [1.807, 2.05) is 0 Å². The third-order valence-electron chi connectivity index (χ3n) is 4.26. The van der Waals surface area contributed by atoms with E-state index in [0.29, 0.717) is 17.2 Å². The second-order valence-electron chi connectivity index (χ2n) is 6.25. The highest BCUT2D eigenvalue weighted by Crippen LogP contribution is 2.31. The maximum atomic E-state index is 13.3. The Morgan fingerprint density at radius 3 is 2.39 bits per heavy atom. The van der Waals surface area contributed by atoms with Gasteiger partial charge in [-0.1, -0.05) is 23.7 Å². The van der Waals surface area contributed by atoms with Gasteiger partial charge in [0.25, 0.3) is 15.9 Å². The number of rotatable bonds is 7. The molecule has 10 heteroatoms. The molecule has 0 aromatic heterocycles. The molecule has 0 atom stereocenters. The lowest BCUT2D eigenvalue weighted by molar-refractivity contribution is 0.102. The molecule has 162 valence electrons. The van der Waals surface area contributed by atoms with E-state index in [1.165, 1.54) is 26.4 Å². The predicted octanol–water partition coefficient (Wildman–Crippen LogP) is 4.55. The summed E-state index contributed by atoms with van der Waals surface area (Å²) < 4.78 is 51.5. The molecule has 3 rings (SSSR count). The summed E-state index contributed by atoms with van der Waals surface area (Å²) in [7, 11) is -1.24. The largest absolute Gasteiger partial charge is 0.497 e. The summed E-state index contributed by atoms with van der Waals surface area (Å²) in [5, 5.41) is 2.40. The Hall–Kier alpha value is -3.30. The average molecular weight is 465 g/mol. The van der Waals surface area contributed by atoms with Gasteiger partial charge in [-0.15, -0.1) is 0 Å². The van der Waals surface area contributed by atoms with Crippen molar-refractivity contribution in [3.8, 4) is 11.5 Å². The Labute approximate surface area is 183 Å². The zero-order chi connectivity index (χ0) is 22.6. The van der Waals surface area contributed by atoms with Crippen LogP contribution in [0.2, 0.25) is 5.02 Å². The monoisotopic (exact) mass is 464 g/mol. The fourth-order valence-electron chi connectivity index (χ4n) is 2.75. The molecule has 3 aromatic carbocycles. The van der Waals surface area contributed by atoms with E-state index in [9.17, 15) is 17.6 Å². The lowest BCUT2D eigenvalue weighted by Gasteiger charge is -2.15. The fraction of sp³-hybridized carbons (Fsp3) is 0.0952. The highest BCUT2D eigenvalue weighted by molar-refractivity contribution is 7.92.